The van der Waals surface area contributed by atoms with Crippen molar-refractivity contribution in [1.82, 2.24) is 0 Å². The van der Waals surface area contributed by atoms with Gasteiger partial charge in [-0.1, -0.05) is 12.1 Å². The van der Waals surface area contributed by atoms with E-state index in [-0.39, 0.29) is 6.10 Å². The van der Waals surface area contributed by atoms with E-state index in [1.807, 2.05) is 24.3 Å². The molecule has 2 atom stereocenters. The van der Waals surface area contributed by atoms with Crippen LogP contribution < -0.4 is 4.74 Å². The van der Waals surface area contributed by atoms with Crippen LogP contribution in [-0.2, 0) is 20.8 Å². The molecule has 1 saturated heterocycles. The topological polar surface area (TPSA) is 57.2 Å². The molecule has 1 heterocycles. The van der Waals surface area contributed by atoms with E-state index >= 15 is 0 Å². The van der Waals surface area contributed by atoms with Crippen molar-refractivity contribution in [2.75, 3.05) is 20.3 Å². The molecule has 1 aromatic carbocycles. The first-order valence-corrected chi connectivity index (χ1v) is 7.41. The van der Waals surface area contributed by atoms with Gasteiger partial charge in [0.05, 0.1) is 25.9 Å². The van der Waals surface area contributed by atoms with Crippen LogP contribution in [0.4, 0.5) is 0 Å². The second-order valence-corrected chi connectivity index (χ2v) is 5.65. The van der Waals surface area contributed by atoms with Gasteiger partial charge in [-0.2, -0.15) is 0 Å². The molecule has 1 aliphatic heterocycles. The van der Waals surface area contributed by atoms with Crippen LogP contribution >= 0.6 is 0 Å². The second-order valence-electron chi connectivity index (χ2n) is 5.65. The van der Waals surface area contributed by atoms with Gasteiger partial charge in [-0.3, -0.25) is 0 Å². The molecule has 1 aromatic rings. The van der Waals surface area contributed by atoms with Gasteiger partial charge in [0.1, 0.15) is 11.9 Å². The number of hydrogen-bond donors (Lipinski definition) is 1. The first-order chi connectivity index (χ1) is 10.2. The Morgan fingerprint density at radius 1 is 1.33 bits per heavy atom. The van der Waals surface area contributed by atoms with Gasteiger partial charge in [-0.05, 0) is 24.1 Å². The van der Waals surface area contributed by atoms with Gasteiger partial charge < -0.3 is 24.1 Å². The molecule has 1 N–H and O–H groups in total. The van der Waals surface area contributed by atoms with Gasteiger partial charge in [0, 0.05) is 20.0 Å². The minimum Gasteiger partial charge on any atom is -0.488 e. The highest BCUT2D eigenvalue weighted by Crippen LogP contribution is 2.37. The summed E-state index contributed by atoms with van der Waals surface area (Å²) in [5, 5.41) is 10.2. The molecule has 5 heteroatoms. The highest BCUT2D eigenvalue weighted by atomic mass is 16.7. The highest BCUT2D eigenvalue weighted by Gasteiger charge is 2.45. The zero-order valence-corrected chi connectivity index (χ0v) is 12.3. The Labute approximate surface area is 124 Å². The van der Waals surface area contributed by atoms with Crippen LogP contribution in [0.5, 0.6) is 5.75 Å². The van der Waals surface area contributed by atoms with E-state index in [1.165, 1.54) is 0 Å². The first-order valence-electron chi connectivity index (χ1n) is 7.41. The molecule has 2 fully saturated rings. The number of aliphatic hydroxyl groups is 1. The third kappa shape index (κ3) is 3.37. The summed E-state index contributed by atoms with van der Waals surface area (Å²) in [7, 11) is 1.66. The first kappa shape index (κ1) is 14.8. The monoisotopic (exact) mass is 294 g/mol. The fourth-order valence-corrected chi connectivity index (χ4v) is 3.03. The van der Waals surface area contributed by atoms with E-state index in [1.54, 1.807) is 7.11 Å². The molecule has 0 bridgehead atoms. The molecule has 21 heavy (non-hydrogen) atoms. The van der Waals surface area contributed by atoms with Crippen molar-refractivity contribution in [1.29, 1.82) is 0 Å². The van der Waals surface area contributed by atoms with Crippen LogP contribution in [0.1, 0.15) is 24.8 Å². The number of aliphatic hydroxyl groups excluding tert-OH is 1. The summed E-state index contributed by atoms with van der Waals surface area (Å²) in [5.41, 5.74) is 1.04. The molecule has 116 valence electrons. The summed E-state index contributed by atoms with van der Waals surface area (Å²) in [5.74, 6) is 0.178. The molecule has 1 spiro atoms. The zero-order chi connectivity index (χ0) is 14.7. The summed E-state index contributed by atoms with van der Waals surface area (Å²) in [6.45, 7) is 1.78. The zero-order valence-electron chi connectivity index (χ0n) is 12.3. The van der Waals surface area contributed by atoms with Crippen molar-refractivity contribution < 1.29 is 24.1 Å². The molecule has 0 amide bonds. The van der Waals surface area contributed by atoms with Gasteiger partial charge in [0.15, 0.2) is 5.79 Å². The maximum atomic E-state index is 10.2. The van der Waals surface area contributed by atoms with E-state index in [9.17, 15) is 5.11 Å². The fraction of sp³-hybridized carbons (Fsp3) is 0.625. The van der Waals surface area contributed by atoms with Gasteiger partial charge >= 0.3 is 0 Å². The van der Waals surface area contributed by atoms with Crippen LogP contribution in [0.2, 0.25) is 0 Å². The smallest absolute Gasteiger partial charge is 0.172 e. The van der Waals surface area contributed by atoms with E-state index in [2.05, 4.69) is 0 Å². The Kier molecular flexibility index (Phi) is 4.45. The van der Waals surface area contributed by atoms with Crippen molar-refractivity contribution in [3.63, 3.8) is 0 Å². The Morgan fingerprint density at radius 3 is 2.90 bits per heavy atom. The Morgan fingerprint density at radius 2 is 2.14 bits per heavy atom. The lowest BCUT2D eigenvalue weighted by Crippen LogP contribution is -2.47. The number of hydrogen-bond acceptors (Lipinski definition) is 5. The molecular formula is C16H22O5. The third-order valence-electron chi connectivity index (χ3n) is 4.07. The normalized spacial score (nSPS) is 27.9. The molecule has 0 aromatic heterocycles. The molecule has 3 rings (SSSR count). The molecule has 2 unspecified atom stereocenters. The Balaban J connectivity index is 1.68. The van der Waals surface area contributed by atoms with Crippen LogP contribution in [0.15, 0.2) is 24.3 Å². The lowest BCUT2D eigenvalue weighted by atomic mass is 9.89. The standard InChI is InChI=1S/C16H22O5/c1-18-11-12-3-2-4-13(9-12)21-15-10-16(6-5-14(15)17)19-7-8-20-16/h2-4,9,14-15,17H,5-8,10-11H2,1H3. The van der Waals surface area contributed by atoms with E-state index in [0.717, 1.165) is 17.7 Å². The molecule has 1 saturated carbocycles. The van der Waals surface area contributed by atoms with Crippen LogP contribution in [0.25, 0.3) is 0 Å². The van der Waals surface area contributed by atoms with Crippen molar-refractivity contribution in [2.45, 2.75) is 43.9 Å². The molecule has 1 aliphatic carbocycles. The average Bonchev–Trinajstić information content (AvgIpc) is 2.92. The van der Waals surface area contributed by atoms with Gasteiger partial charge in [-0.15, -0.1) is 0 Å². The number of ether oxygens (including phenoxy) is 4. The van der Waals surface area contributed by atoms with E-state index < -0.39 is 11.9 Å². The number of benzene rings is 1. The van der Waals surface area contributed by atoms with Gasteiger partial charge in [-0.25, -0.2) is 0 Å². The number of methoxy groups -OCH3 is 1. The van der Waals surface area contributed by atoms with Crippen LogP contribution in [0, 0.1) is 0 Å². The van der Waals surface area contributed by atoms with Crippen molar-refractivity contribution in [3.05, 3.63) is 29.8 Å². The maximum absolute atomic E-state index is 10.2. The quantitative estimate of drug-likeness (QED) is 0.918. The fourth-order valence-electron chi connectivity index (χ4n) is 3.03. The molecule has 0 radical (unpaired) electrons. The minimum atomic E-state index is -0.561. The van der Waals surface area contributed by atoms with Crippen molar-refractivity contribution in [3.8, 4) is 5.75 Å². The third-order valence-corrected chi connectivity index (χ3v) is 4.07. The molecule has 2 aliphatic rings. The average molecular weight is 294 g/mol. The lowest BCUT2D eigenvalue weighted by molar-refractivity contribution is -0.209. The highest BCUT2D eigenvalue weighted by molar-refractivity contribution is 5.28. The summed E-state index contributed by atoms with van der Waals surface area (Å²) >= 11 is 0. The summed E-state index contributed by atoms with van der Waals surface area (Å²) in [4.78, 5) is 0. The number of rotatable bonds is 4. The van der Waals surface area contributed by atoms with Crippen LogP contribution in [0.3, 0.4) is 0 Å². The largest absolute Gasteiger partial charge is 0.488 e. The lowest BCUT2D eigenvalue weighted by Gasteiger charge is -2.38. The SMILES string of the molecule is COCc1cccc(OC2CC3(CCC2O)OCCO3)c1. The van der Waals surface area contributed by atoms with Crippen LogP contribution in [-0.4, -0.2) is 43.4 Å². The summed E-state index contributed by atoms with van der Waals surface area (Å²) in [6, 6.07) is 7.74. The molecule has 5 nitrogen and oxygen atoms in total. The molecular weight excluding hydrogens is 272 g/mol. The Hall–Kier alpha value is -1.14. The van der Waals surface area contributed by atoms with Crippen molar-refractivity contribution >= 4 is 0 Å². The van der Waals surface area contributed by atoms with Gasteiger partial charge in [0.25, 0.3) is 0 Å². The van der Waals surface area contributed by atoms with E-state index in [4.69, 9.17) is 18.9 Å². The second kappa shape index (κ2) is 6.32. The maximum Gasteiger partial charge on any atom is 0.172 e. The summed E-state index contributed by atoms with van der Waals surface area (Å²) < 4.78 is 22.6. The van der Waals surface area contributed by atoms with Gasteiger partial charge in [0.2, 0.25) is 0 Å². The predicted molar refractivity (Wildman–Crippen MR) is 76.1 cm³/mol. The van der Waals surface area contributed by atoms with E-state index in [0.29, 0.717) is 32.7 Å². The Bertz CT molecular complexity index is 469. The predicted octanol–water partition coefficient (Wildman–Crippen LogP) is 1.87. The van der Waals surface area contributed by atoms with Crippen molar-refractivity contribution in [2.24, 2.45) is 0 Å². The summed E-state index contributed by atoms with van der Waals surface area (Å²) in [6.07, 6.45) is 1.10. The minimum absolute atomic E-state index is 0.311.